The molecule has 0 spiro atoms. The van der Waals surface area contributed by atoms with Gasteiger partial charge in [0.05, 0.1) is 12.5 Å². The lowest BCUT2D eigenvalue weighted by molar-refractivity contribution is -0.140. The summed E-state index contributed by atoms with van der Waals surface area (Å²) in [5, 5.41) is -1.04. The molecule has 2 atom stereocenters. The number of hydrogen-bond donors (Lipinski definition) is 0. The van der Waals surface area contributed by atoms with E-state index in [4.69, 9.17) is 23.2 Å². The standard InChI is InChI=1S/C14H26Cl2O2/c1-3-4-5-6-7-8-9-10-11-12(15)13(16)14(17)18-2/h12-13H,3-11H2,1-2H3/t12-,13+/m0/s1. The zero-order valence-corrected chi connectivity index (χ0v) is 13.1. The number of unbranched alkanes of at least 4 members (excludes halogenated alkanes) is 7. The Balaban J connectivity index is 3.40. The maximum atomic E-state index is 11.2. The van der Waals surface area contributed by atoms with Crippen molar-refractivity contribution in [2.75, 3.05) is 7.11 Å². The number of alkyl halides is 2. The minimum absolute atomic E-state index is 0.320. The number of hydrogen-bond acceptors (Lipinski definition) is 2. The van der Waals surface area contributed by atoms with Gasteiger partial charge in [-0.25, -0.2) is 0 Å². The molecular weight excluding hydrogens is 271 g/mol. The number of rotatable bonds is 11. The predicted molar refractivity (Wildman–Crippen MR) is 78.5 cm³/mol. The number of ether oxygens (including phenoxy) is 1. The summed E-state index contributed by atoms with van der Waals surface area (Å²) < 4.78 is 4.56. The molecule has 108 valence electrons. The normalized spacial score (nSPS) is 14.2. The first-order valence-corrected chi connectivity index (χ1v) is 7.86. The van der Waals surface area contributed by atoms with Crippen molar-refractivity contribution in [1.29, 1.82) is 0 Å². The number of carbonyl (C=O) groups excluding carboxylic acids is 1. The topological polar surface area (TPSA) is 26.3 Å². The first kappa shape index (κ1) is 18.0. The van der Waals surface area contributed by atoms with Crippen LogP contribution in [0.15, 0.2) is 0 Å². The molecule has 0 fully saturated rings. The summed E-state index contributed by atoms with van der Waals surface area (Å²) in [5.41, 5.74) is 0. The van der Waals surface area contributed by atoms with Crippen molar-refractivity contribution >= 4 is 29.2 Å². The quantitative estimate of drug-likeness (QED) is 0.308. The molecule has 0 aliphatic heterocycles. The lowest BCUT2D eigenvalue weighted by atomic mass is 10.1. The van der Waals surface area contributed by atoms with Crippen molar-refractivity contribution in [2.24, 2.45) is 0 Å². The van der Waals surface area contributed by atoms with E-state index in [-0.39, 0.29) is 5.38 Å². The summed E-state index contributed by atoms with van der Waals surface area (Å²) in [6.07, 6.45) is 10.8. The van der Waals surface area contributed by atoms with Crippen LogP contribution >= 0.6 is 23.2 Å². The predicted octanol–water partition coefficient (Wildman–Crippen LogP) is 4.91. The van der Waals surface area contributed by atoms with Crippen molar-refractivity contribution in [3.8, 4) is 0 Å². The maximum Gasteiger partial charge on any atom is 0.325 e. The third kappa shape index (κ3) is 9.04. The molecule has 0 rings (SSSR count). The Labute approximate surface area is 121 Å². The van der Waals surface area contributed by atoms with Crippen LogP contribution in [-0.4, -0.2) is 23.8 Å². The number of methoxy groups -OCH3 is 1. The summed E-state index contributed by atoms with van der Waals surface area (Å²) in [6.45, 7) is 2.23. The van der Waals surface area contributed by atoms with Crippen LogP contribution in [0.1, 0.15) is 64.7 Å². The van der Waals surface area contributed by atoms with E-state index in [1.165, 1.54) is 52.1 Å². The molecule has 0 unspecified atom stereocenters. The fourth-order valence-corrected chi connectivity index (χ4v) is 2.35. The molecule has 0 bridgehead atoms. The van der Waals surface area contributed by atoms with Gasteiger partial charge in [-0.1, -0.05) is 58.3 Å². The van der Waals surface area contributed by atoms with E-state index in [2.05, 4.69) is 11.7 Å². The molecule has 2 nitrogen and oxygen atoms in total. The summed E-state index contributed by atoms with van der Waals surface area (Å²) in [7, 11) is 1.33. The maximum absolute atomic E-state index is 11.2. The van der Waals surface area contributed by atoms with E-state index in [9.17, 15) is 4.79 Å². The van der Waals surface area contributed by atoms with Gasteiger partial charge in [0.15, 0.2) is 0 Å². The Hall–Kier alpha value is 0.0500. The first-order valence-electron chi connectivity index (χ1n) is 6.99. The largest absolute Gasteiger partial charge is 0.468 e. The van der Waals surface area contributed by atoms with Gasteiger partial charge in [-0.2, -0.15) is 0 Å². The molecule has 0 saturated carbocycles. The summed E-state index contributed by atoms with van der Waals surface area (Å²) in [5.74, 6) is -0.434. The van der Waals surface area contributed by atoms with Gasteiger partial charge < -0.3 is 4.74 Å². The van der Waals surface area contributed by atoms with Gasteiger partial charge in [0.2, 0.25) is 0 Å². The van der Waals surface area contributed by atoms with Crippen LogP contribution < -0.4 is 0 Å². The minimum Gasteiger partial charge on any atom is -0.468 e. The van der Waals surface area contributed by atoms with E-state index < -0.39 is 11.3 Å². The Morgan fingerprint density at radius 2 is 1.50 bits per heavy atom. The summed E-state index contributed by atoms with van der Waals surface area (Å²) >= 11 is 11.9. The minimum atomic E-state index is -0.721. The second-order valence-corrected chi connectivity index (χ2v) is 5.74. The number of halogens is 2. The molecule has 0 amide bonds. The molecule has 0 aromatic heterocycles. The van der Waals surface area contributed by atoms with E-state index in [1.807, 2.05) is 0 Å². The third-order valence-corrected chi connectivity index (χ3v) is 4.16. The molecule has 0 aliphatic carbocycles. The van der Waals surface area contributed by atoms with Crippen LogP contribution in [0.2, 0.25) is 0 Å². The van der Waals surface area contributed by atoms with Gasteiger partial charge in [0, 0.05) is 0 Å². The SMILES string of the molecule is CCCCCCCCCC[C@H](Cl)[C@@H](Cl)C(=O)OC. The van der Waals surface area contributed by atoms with Crippen LogP contribution in [-0.2, 0) is 9.53 Å². The lowest BCUT2D eigenvalue weighted by Crippen LogP contribution is -2.26. The fourth-order valence-electron chi connectivity index (χ4n) is 1.88. The monoisotopic (exact) mass is 296 g/mol. The third-order valence-electron chi connectivity index (χ3n) is 3.08. The van der Waals surface area contributed by atoms with Gasteiger partial charge in [-0.3, -0.25) is 4.79 Å². The van der Waals surface area contributed by atoms with Gasteiger partial charge in [-0.15, -0.1) is 23.2 Å². The van der Waals surface area contributed by atoms with Crippen LogP contribution in [0, 0.1) is 0 Å². The van der Waals surface area contributed by atoms with Gasteiger partial charge in [0.25, 0.3) is 0 Å². The molecule has 0 N–H and O–H groups in total. The van der Waals surface area contributed by atoms with Crippen LogP contribution in [0.25, 0.3) is 0 Å². The number of esters is 1. The van der Waals surface area contributed by atoms with Crippen LogP contribution in [0.4, 0.5) is 0 Å². The Bertz CT molecular complexity index is 210. The highest BCUT2D eigenvalue weighted by atomic mass is 35.5. The van der Waals surface area contributed by atoms with Crippen molar-refractivity contribution in [3.63, 3.8) is 0 Å². The fraction of sp³-hybridized carbons (Fsp3) is 0.929. The van der Waals surface area contributed by atoms with Gasteiger partial charge in [0.1, 0.15) is 5.38 Å². The van der Waals surface area contributed by atoms with Crippen molar-refractivity contribution < 1.29 is 9.53 Å². The zero-order chi connectivity index (χ0) is 13.8. The molecule has 18 heavy (non-hydrogen) atoms. The Morgan fingerprint density at radius 3 is 2.00 bits per heavy atom. The molecule has 0 aromatic carbocycles. The molecule has 0 aromatic rings. The lowest BCUT2D eigenvalue weighted by Gasteiger charge is -2.13. The average Bonchev–Trinajstić information content (AvgIpc) is 2.39. The molecule has 0 radical (unpaired) electrons. The second kappa shape index (κ2) is 12.1. The van der Waals surface area contributed by atoms with Crippen molar-refractivity contribution in [3.05, 3.63) is 0 Å². The smallest absolute Gasteiger partial charge is 0.325 e. The van der Waals surface area contributed by atoms with Crippen molar-refractivity contribution in [2.45, 2.75) is 75.5 Å². The van der Waals surface area contributed by atoms with Crippen molar-refractivity contribution in [1.82, 2.24) is 0 Å². The van der Waals surface area contributed by atoms with E-state index in [0.29, 0.717) is 0 Å². The highest BCUT2D eigenvalue weighted by molar-refractivity contribution is 6.36. The summed E-state index contributed by atoms with van der Waals surface area (Å²) in [6, 6.07) is 0. The highest BCUT2D eigenvalue weighted by Gasteiger charge is 2.24. The highest BCUT2D eigenvalue weighted by Crippen LogP contribution is 2.19. The number of carbonyl (C=O) groups is 1. The molecule has 0 saturated heterocycles. The van der Waals surface area contributed by atoms with E-state index in [1.54, 1.807) is 0 Å². The molecule has 0 heterocycles. The average molecular weight is 297 g/mol. The van der Waals surface area contributed by atoms with Crippen LogP contribution in [0.5, 0.6) is 0 Å². The Morgan fingerprint density at radius 1 is 1.00 bits per heavy atom. The summed E-state index contributed by atoms with van der Waals surface area (Å²) in [4.78, 5) is 11.2. The first-order chi connectivity index (χ1) is 8.63. The second-order valence-electron chi connectivity index (χ2n) is 4.70. The van der Waals surface area contributed by atoms with Crippen LogP contribution in [0.3, 0.4) is 0 Å². The van der Waals surface area contributed by atoms with Gasteiger partial charge in [-0.05, 0) is 6.42 Å². The molecule has 0 aliphatic rings. The van der Waals surface area contributed by atoms with E-state index >= 15 is 0 Å². The zero-order valence-electron chi connectivity index (χ0n) is 11.6. The molecular formula is C14H26Cl2O2. The van der Waals surface area contributed by atoms with E-state index in [0.717, 1.165) is 12.8 Å². The molecule has 4 heteroatoms. The van der Waals surface area contributed by atoms with Gasteiger partial charge >= 0.3 is 5.97 Å². The Kier molecular flexibility index (Phi) is 12.1.